The first kappa shape index (κ1) is 20.1. The summed E-state index contributed by atoms with van der Waals surface area (Å²) in [6.45, 7) is 6.21. The van der Waals surface area contributed by atoms with E-state index in [0.717, 1.165) is 68.1 Å². The number of aromatic amines is 1. The molecular weight excluding hydrogens is 386 g/mol. The molecule has 5 rings (SSSR count). The first-order valence-corrected chi connectivity index (χ1v) is 11.6. The third kappa shape index (κ3) is 4.59. The van der Waals surface area contributed by atoms with E-state index in [9.17, 15) is 4.79 Å². The van der Waals surface area contributed by atoms with Crippen LogP contribution in [-0.4, -0.2) is 71.5 Å². The predicted molar refractivity (Wildman–Crippen MR) is 125 cm³/mol. The average Bonchev–Trinajstić information content (AvgIpc) is 3.09. The van der Waals surface area contributed by atoms with Gasteiger partial charge in [-0.25, -0.2) is 4.98 Å². The van der Waals surface area contributed by atoms with E-state index in [2.05, 4.69) is 50.0 Å². The van der Waals surface area contributed by atoms with Crippen LogP contribution in [0.15, 0.2) is 48.5 Å². The van der Waals surface area contributed by atoms with E-state index in [1.165, 1.54) is 24.9 Å². The molecule has 0 atom stereocenters. The van der Waals surface area contributed by atoms with Gasteiger partial charge in [0.2, 0.25) is 5.91 Å². The number of nitrogens with zero attached hydrogens (tertiary/aromatic N) is 4. The molecule has 31 heavy (non-hydrogen) atoms. The van der Waals surface area contributed by atoms with Crippen molar-refractivity contribution < 1.29 is 4.79 Å². The van der Waals surface area contributed by atoms with Crippen LogP contribution in [0.25, 0.3) is 22.4 Å². The molecule has 1 N–H and O–H groups in total. The zero-order valence-electron chi connectivity index (χ0n) is 18.1. The van der Waals surface area contributed by atoms with E-state index in [1.807, 2.05) is 18.2 Å². The van der Waals surface area contributed by atoms with Crippen LogP contribution in [0.4, 0.5) is 5.69 Å². The van der Waals surface area contributed by atoms with Gasteiger partial charge in [0.25, 0.3) is 0 Å². The lowest BCUT2D eigenvalue weighted by Gasteiger charge is -2.29. The Balaban J connectivity index is 1.25. The number of amides is 1. The Kier molecular flexibility index (Phi) is 5.89. The monoisotopic (exact) mass is 417 g/mol. The number of benzene rings is 2. The fraction of sp³-hybridized carbons (Fsp3) is 0.440. The van der Waals surface area contributed by atoms with Gasteiger partial charge in [-0.2, -0.15) is 0 Å². The van der Waals surface area contributed by atoms with Crippen molar-refractivity contribution in [2.75, 3.05) is 50.7 Å². The zero-order chi connectivity index (χ0) is 21.0. The lowest BCUT2D eigenvalue weighted by atomic mass is 10.1. The van der Waals surface area contributed by atoms with E-state index in [4.69, 9.17) is 4.98 Å². The largest absolute Gasteiger partial charge is 0.370 e. The molecule has 2 aliphatic rings. The number of hydrogen-bond donors (Lipinski definition) is 1. The van der Waals surface area contributed by atoms with Crippen LogP contribution in [0.2, 0.25) is 0 Å². The molecule has 1 aromatic heterocycles. The van der Waals surface area contributed by atoms with Crippen LogP contribution in [0, 0.1) is 0 Å². The highest BCUT2D eigenvalue weighted by molar-refractivity contribution is 5.80. The number of nitrogens with one attached hydrogen (secondary N) is 1. The third-order valence-electron chi connectivity index (χ3n) is 6.53. The number of piperidine rings is 1. The number of aromatic nitrogens is 2. The van der Waals surface area contributed by atoms with Crippen LogP contribution in [0.5, 0.6) is 0 Å². The quantitative estimate of drug-likeness (QED) is 0.702. The zero-order valence-corrected chi connectivity index (χ0v) is 18.1. The molecule has 2 aromatic carbocycles. The maximum absolute atomic E-state index is 12.8. The summed E-state index contributed by atoms with van der Waals surface area (Å²) in [5, 5.41) is 0. The molecule has 2 fully saturated rings. The normalized spacial score (nSPS) is 18.3. The summed E-state index contributed by atoms with van der Waals surface area (Å²) in [5.74, 6) is 1.19. The molecular formula is C25H31N5O. The number of imidazole rings is 1. The Morgan fingerprint density at radius 3 is 2.61 bits per heavy atom. The van der Waals surface area contributed by atoms with Gasteiger partial charge in [-0.1, -0.05) is 30.7 Å². The first-order chi connectivity index (χ1) is 15.3. The Morgan fingerprint density at radius 2 is 1.74 bits per heavy atom. The van der Waals surface area contributed by atoms with Crippen molar-refractivity contribution in [1.29, 1.82) is 0 Å². The predicted octanol–water partition coefficient (Wildman–Crippen LogP) is 3.75. The number of rotatable bonds is 4. The second-order valence-electron chi connectivity index (χ2n) is 8.71. The molecule has 0 bridgehead atoms. The SMILES string of the molecule is O=C(CN1CCCCC1)N1CCCN(c2cccc(-c3nc4ccccc4[nH]3)c2)CC1. The Bertz CT molecular complexity index is 1010. The summed E-state index contributed by atoms with van der Waals surface area (Å²) < 4.78 is 0. The van der Waals surface area contributed by atoms with Gasteiger partial charge in [0, 0.05) is 37.4 Å². The maximum atomic E-state index is 12.8. The van der Waals surface area contributed by atoms with Gasteiger partial charge in [0.05, 0.1) is 17.6 Å². The minimum atomic E-state index is 0.291. The number of hydrogen-bond acceptors (Lipinski definition) is 4. The van der Waals surface area contributed by atoms with Crippen molar-refractivity contribution in [2.24, 2.45) is 0 Å². The molecule has 6 nitrogen and oxygen atoms in total. The van der Waals surface area contributed by atoms with Gasteiger partial charge < -0.3 is 14.8 Å². The van der Waals surface area contributed by atoms with Crippen LogP contribution in [0.1, 0.15) is 25.7 Å². The average molecular weight is 418 g/mol. The minimum Gasteiger partial charge on any atom is -0.370 e. The van der Waals surface area contributed by atoms with Crippen LogP contribution < -0.4 is 4.90 Å². The number of carbonyl (C=O) groups is 1. The molecule has 1 amide bonds. The summed E-state index contributed by atoms with van der Waals surface area (Å²) in [6, 6.07) is 16.7. The minimum absolute atomic E-state index is 0.291. The summed E-state index contributed by atoms with van der Waals surface area (Å²) in [7, 11) is 0. The number of fused-ring (bicyclic) bond motifs is 1. The van der Waals surface area contributed by atoms with E-state index < -0.39 is 0 Å². The summed E-state index contributed by atoms with van der Waals surface area (Å²) in [6.07, 6.45) is 4.75. The number of H-pyrrole nitrogens is 1. The van der Waals surface area contributed by atoms with Crippen molar-refractivity contribution in [3.8, 4) is 11.4 Å². The van der Waals surface area contributed by atoms with Crippen molar-refractivity contribution in [3.63, 3.8) is 0 Å². The molecule has 0 saturated carbocycles. The second kappa shape index (κ2) is 9.10. The lowest BCUT2D eigenvalue weighted by molar-refractivity contribution is -0.132. The van der Waals surface area contributed by atoms with Gasteiger partial charge in [-0.15, -0.1) is 0 Å². The molecule has 6 heteroatoms. The maximum Gasteiger partial charge on any atom is 0.236 e. The van der Waals surface area contributed by atoms with Gasteiger partial charge in [0.1, 0.15) is 5.82 Å². The van der Waals surface area contributed by atoms with E-state index in [1.54, 1.807) is 0 Å². The third-order valence-corrected chi connectivity index (χ3v) is 6.53. The van der Waals surface area contributed by atoms with Crippen molar-refractivity contribution in [3.05, 3.63) is 48.5 Å². The molecule has 0 spiro atoms. The van der Waals surface area contributed by atoms with Crippen molar-refractivity contribution in [2.45, 2.75) is 25.7 Å². The molecule has 2 aliphatic heterocycles. The van der Waals surface area contributed by atoms with Crippen molar-refractivity contribution >= 4 is 22.6 Å². The smallest absolute Gasteiger partial charge is 0.236 e. The van der Waals surface area contributed by atoms with Gasteiger partial charge in [0.15, 0.2) is 0 Å². The van der Waals surface area contributed by atoms with E-state index >= 15 is 0 Å². The highest BCUT2D eigenvalue weighted by Gasteiger charge is 2.22. The number of likely N-dealkylation sites (tertiary alicyclic amines) is 1. The molecule has 3 heterocycles. The molecule has 2 saturated heterocycles. The Morgan fingerprint density at radius 1 is 0.871 bits per heavy atom. The summed E-state index contributed by atoms with van der Waals surface area (Å²) >= 11 is 0. The van der Waals surface area contributed by atoms with Crippen molar-refractivity contribution in [1.82, 2.24) is 19.8 Å². The molecule has 0 radical (unpaired) electrons. The molecule has 0 unspecified atom stereocenters. The van der Waals surface area contributed by atoms with Crippen LogP contribution >= 0.6 is 0 Å². The standard InChI is InChI=1S/C25H31N5O/c31-24(19-28-12-4-1-5-13-28)30-15-7-14-29(16-17-30)21-9-6-8-20(18-21)25-26-22-10-2-3-11-23(22)27-25/h2-3,6,8-11,18H,1,4-5,7,12-17,19H2,(H,26,27). The first-order valence-electron chi connectivity index (χ1n) is 11.6. The van der Waals surface area contributed by atoms with Gasteiger partial charge in [-0.3, -0.25) is 9.69 Å². The Hall–Kier alpha value is -2.86. The molecule has 0 aliphatic carbocycles. The molecule has 3 aromatic rings. The van der Waals surface area contributed by atoms with Crippen LogP contribution in [0.3, 0.4) is 0 Å². The van der Waals surface area contributed by atoms with Gasteiger partial charge >= 0.3 is 0 Å². The topological polar surface area (TPSA) is 55.5 Å². The van der Waals surface area contributed by atoms with E-state index in [0.29, 0.717) is 12.5 Å². The fourth-order valence-electron chi connectivity index (χ4n) is 4.77. The highest BCUT2D eigenvalue weighted by atomic mass is 16.2. The number of para-hydroxylation sites is 2. The second-order valence-corrected chi connectivity index (χ2v) is 8.71. The number of anilines is 1. The van der Waals surface area contributed by atoms with E-state index in [-0.39, 0.29) is 0 Å². The number of carbonyl (C=O) groups excluding carboxylic acids is 1. The highest BCUT2D eigenvalue weighted by Crippen LogP contribution is 2.25. The fourth-order valence-corrected chi connectivity index (χ4v) is 4.77. The molecule has 162 valence electrons. The van der Waals surface area contributed by atoms with Gasteiger partial charge in [-0.05, 0) is 56.6 Å². The summed E-state index contributed by atoms with van der Waals surface area (Å²) in [5.41, 5.74) is 4.33. The summed E-state index contributed by atoms with van der Waals surface area (Å²) in [4.78, 5) is 27.8. The lowest BCUT2D eigenvalue weighted by Crippen LogP contribution is -2.43. The van der Waals surface area contributed by atoms with Crippen LogP contribution in [-0.2, 0) is 4.79 Å². The Labute approximate surface area is 183 Å².